The highest BCUT2D eigenvalue weighted by Crippen LogP contribution is 2.26. The Kier molecular flexibility index (Phi) is 5.72. The lowest BCUT2D eigenvalue weighted by Crippen LogP contribution is -2.27. The zero-order chi connectivity index (χ0) is 13.7. The number of aromatic hydroxyl groups is 1. The predicted molar refractivity (Wildman–Crippen MR) is 75.6 cm³/mol. The van der Waals surface area contributed by atoms with Crippen LogP contribution in [0.3, 0.4) is 0 Å². The molecule has 0 aliphatic rings. The maximum absolute atomic E-state index is 12.4. The molecule has 0 fully saturated rings. The number of thioether (sulfide) groups is 1. The van der Waals surface area contributed by atoms with Crippen LogP contribution in [0.4, 0.5) is 0 Å². The first-order valence-corrected chi connectivity index (χ1v) is 7.51. The van der Waals surface area contributed by atoms with E-state index in [9.17, 15) is 9.90 Å². The van der Waals surface area contributed by atoms with Gasteiger partial charge in [0.05, 0.1) is 5.56 Å². The molecule has 1 unspecified atom stereocenters. The number of aromatic nitrogens is 2. The number of hydrogen-bond acceptors (Lipinski definition) is 4. The normalized spacial score (nSPS) is 12.7. The van der Waals surface area contributed by atoms with E-state index in [2.05, 4.69) is 11.9 Å². The van der Waals surface area contributed by atoms with E-state index >= 15 is 0 Å². The van der Waals surface area contributed by atoms with Crippen LogP contribution in [-0.2, 0) is 6.54 Å². The quantitative estimate of drug-likeness (QED) is 0.638. The maximum Gasteiger partial charge on any atom is 0.261 e. The standard InChI is InChI=1S/C13H22N2O2S/c1-5-8-9(4)10-11(16)14-13(18-7-3)15(6-2)12(10)17/h9,16H,5-8H2,1-4H3. The lowest BCUT2D eigenvalue weighted by atomic mass is 9.98. The molecule has 0 radical (unpaired) electrons. The van der Waals surface area contributed by atoms with Crippen molar-refractivity contribution in [2.45, 2.75) is 58.2 Å². The van der Waals surface area contributed by atoms with Crippen LogP contribution < -0.4 is 5.56 Å². The van der Waals surface area contributed by atoms with Gasteiger partial charge in [0.2, 0.25) is 5.88 Å². The third-order valence-corrected chi connectivity index (χ3v) is 3.81. The number of nitrogens with zero attached hydrogens (tertiary/aromatic N) is 2. The molecule has 0 aromatic carbocycles. The van der Waals surface area contributed by atoms with Crippen LogP contribution in [0.5, 0.6) is 5.88 Å². The summed E-state index contributed by atoms with van der Waals surface area (Å²) in [5.41, 5.74) is 0.362. The van der Waals surface area contributed by atoms with Crippen LogP contribution in [-0.4, -0.2) is 20.4 Å². The summed E-state index contributed by atoms with van der Waals surface area (Å²) < 4.78 is 1.65. The van der Waals surface area contributed by atoms with Gasteiger partial charge in [-0.2, -0.15) is 4.98 Å². The summed E-state index contributed by atoms with van der Waals surface area (Å²) >= 11 is 1.48. The monoisotopic (exact) mass is 270 g/mol. The molecular formula is C13H22N2O2S. The Morgan fingerprint density at radius 3 is 2.56 bits per heavy atom. The fourth-order valence-electron chi connectivity index (χ4n) is 2.07. The lowest BCUT2D eigenvalue weighted by Gasteiger charge is -2.16. The van der Waals surface area contributed by atoms with Crippen LogP contribution in [0.15, 0.2) is 9.95 Å². The average molecular weight is 270 g/mol. The van der Waals surface area contributed by atoms with E-state index in [0.717, 1.165) is 18.6 Å². The molecule has 0 aliphatic heterocycles. The molecule has 18 heavy (non-hydrogen) atoms. The Morgan fingerprint density at radius 1 is 1.39 bits per heavy atom. The van der Waals surface area contributed by atoms with E-state index < -0.39 is 0 Å². The molecule has 4 nitrogen and oxygen atoms in total. The molecule has 1 aromatic heterocycles. The van der Waals surface area contributed by atoms with Gasteiger partial charge in [-0.25, -0.2) is 0 Å². The summed E-state index contributed by atoms with van der Waals surface area (Å²) in [7, 11) is 0. The van der Waals surface area contributed by atoms with Crippen molar-refractivity contribution in [1.29, 1.82) is 0 Å². The van der Waals surface area contributed by atoms with Crippen LogP contribution >= 0.6 is 11.8 Å². The van der Waals surface area contributed by atoms with Crippen molar-refractivity contribution in [3.05, 3.63) is 15.9 Å². The third-order valence-electron chi connectivity index (χ3n) is 2.95. The van der Waals surface area contributed by atoms with Gasteiger partial charge in [-0.3, -0.25) is 9.36 Å². The molecule has 1 aromatic rings. The summed E-state index contributed by atoms with van der Waals surface area (Å²) in [5, 5.41) is 10.6. The van der Waals surface area contributed by atoms with E-state index in [1.807, 2.05) is 20.8 Å². The molecule has 5 heteroatoms. The predicted octanol–water partition coefficient (Wildman–Crippen LogP) is 2.98. The molecule has 0 saturated heterocycles. The van der Waals surface area contributed by atoms with Gasteiger partial charge >= 0.3 is 0 Å². The van der Waals surface area contributed by atoms with Crippen molar-refractivity contribution in [3.8, 4) is 5.88 Å². The zero-order valence-corrected chi connectivity index (χ0v) is 12.4. The molecule has 1 rings (SSSR count). The summed E-state index contributed by atoms with van der Waals surface area (Å²) in [6.45, 7) is 8.55. The number of rotatable bonds is 6. The first-order valence-electron chi connectivity index (χ1n) is 6.53. The molecule has 0 spiro atoms. The van der Waals surface area contributed by atoms with Gasteiger partial charge < -0.3 is 5.11 Å². The van der Waals surface area contributed by atoms with Crippen LogP contribution in [0.2, 0.25) is 0 Å². The average Bonchev–Trinajstić information content (AvgIpc) is 2.29. The fourth-order valence-corrected chi connectivity index (χ4v) is 2.84. The highest BCUT2D eigenvalue weighted by molar-refractivity contribution is 7.99. The first-order chi connectivity index (χ1) is 8.56. The van der Waals surface area contributed by atoms with Crippen LogP contribution in [0.25, 0.3) is 0 Å². The molecule has 1 N–H and O–H groups in total. The Morgan fingerprint density at radius 2 is 2.06 bits per heavy atom. The minimum absolute atomic E-state index is 0.0495. The minimum Gasteiger partial charge on any atom is -0.493 e. The second-order valence-corrected chi connectivity index (χ2v) is 5.53. The van der Waals surface area contributed by atoms with Gasteiger partial charge in [0.1, 0.15) is 0 Å². The van der Waals surface area contributed by atoms with E-state index in [-0.39, 0.29) is 17.4 Å². The van der Waals surface area contributed by atoms with Crippen molar-refractivity contribution in [3.63, 3.8) is 0 Å². The second-order valence-electron chi connectivity index (χ2n) is 4.30. The first kappa shape index (κ1) is 15.1. The van der Waals surface area contributed by atoms with E-state index in [1.54, 1.807) is 4.57 Å². The Labute approximate surface area is 112 Å². The lowest BCUT2D eigenvalue weighted by molar-refractivity contribution is 0.415. The number of hydrogen-bond donors (Lipinski definition) is 1. The summed E-state index contributed by atoms with van der Waals surface area (Å²) in [6.07, 6.45) is 1.87. The molecule has 0 amide bonds. The highest BCUT2D eigenvalue weighted by Gasteiger charge is 2.19. The van der Waals surface area contributed by atoms with Gasteiger partial charge in [0.15, 0.2) is 5.16 Å². The van der Waals surface area contributed by atoms with Crippen molar-refractivity contribution in [2.75, 3.05) is 5.75 Å². The summed E-state index contributed by atoms with van der Waals surface area (Å²) in [5.74, 6) is 0.783. The Balaban J connectivity index is 3.33. The molecule has 0 saturated carbocycles. The van der Waals surface area contributed by atoms with E-state index in [0.29, 0.717) is 17.3 Å². The van der Waals surface area contributed by atoms with Crippen molar-refractivity contribution in [2.24, 2.45) is 0 Å². The maximum atomic E-state index is 12.4. The van der Waals surface area contributed by atoms with Gasteiger partial charge in [0.25, 0.3) is 5.56 Å². The minimum atomic E-state index is -0.0957. The topological polar surface area (TPSA) is 55.1 Å². The molecule has 102 valence electrons. The molecular weight excluding hydrogens is 248 g/mol. The zero-order valence-electron chi connectivity index (χ0n) is 11.6. The van der Waals surface area contributed by atoms with Crippen molar-refractivity contribution >= 4 is 11.8 Å². The summed E-state index contributed by atoms with van der Waals surface area (Å²) in [6, 6.07) is 0. The molecule has 1 atom stereocenters. The van der Waals surface area contributed by atoms with Gasteiger partial charge in [-0.05, 0) is 25.0 Å². The van der Waals surface area contributed by atoms with Gasteiger partial charge in [-0.1, -0.05) is 39.0 Å². The fraction of sp³-hybridized carbons (Fsp3) is 0.692. The smallest absolute Gasteiger partial charge is 0.261 e. The van der Waals surface area contributed by atoms with Crippen LogP contribution in [0.1, 0.15) is 52.0 Å². The Hall–Kier alpha value is -0.970. The van der Waals surface area contributed by atoms with E-state index in [4.69, 9.17) is 0 Å². The SMILES string of the molecule is CCCC(C)c1c(O)nc(SCC)n(CC)c1=O. The van der Waals surface area contributed by atoms with Gasteiger partial charge in [-0.15, -0.1) is 0 Å². The third kappa shape index (κ3) is 3.07. The van der Waals surface area contributed by atoms with E-state index in [1.165, 1.54) is 11.8 Å². The molecule has 1 heterocycles. The van der Waals surface area contributed by atoms with Crippen molar-refractivity contribution in [1.82, 2.24) is 9.55 Å². The van der Waals surface area contributed by atoms with Crippen molar-refractivity contribution < 1.29 is 5.11 Å². The Bertz CT molecular complexity index is 457. The summed E-state index contributed by atoms with van der Waals surface area (Å²) in [4.78, 5) is 16.6. The molecule has 0 bridgehead atoms. The molecule has 0 aliphatic carbocycles. The second kappa shape index (κ2) is 6.83. The van der Waals surface area contributed by atoms with Crippen LogP contribution in [0, 0.1) is 0 Å². The van der Waals surface area contributed by atoms with Gasteiger partial charge in [0, 0.05) is 6.54 Å². The largest absolute Gasteiger partial charge is 0.493 e. The highest BCUT2D eigenvalue weighted by atomic mass is 32.2.